The molecule has 0 saturated heterocycles. The largest absolute Gasteiger partial charge is 0.481 e. The molecule has 7 nitrogen and oxygen atoms in total. The van der Waals surface area contributed by atoms with Crippen molar-refractivity contribution in [2.24, 2.45) is 0 Å². The van der Waals surface area contributed by atoms with E-state index in [1.807, 2.05) is 42.6 Å². The summed E-state index contributed by atoms with van der Waals surface area (Å²) in [6, 6.07) is 17.3. The number of thiazole rings is 1. The summed E-state index contributed by atoms with van der Waals surface area (Å²) in [7, 11) is 0. The van der Waals surface area contributed by atoms with Gasteiger partial charge in [-0.05, 0) is 31.2 Å². The standard InChI is InChI=1S/C23H17FN4O3S/c1-14-10-21(26-22(29)12-30-19-9-5-3-7-16(19)24)28(27-14)23-25-17(13-32-23)20-11-15-6-2-4-8-18(15)31-20/h2-11,13H,12H2,1H3,(H,26,29). The van der Waals surface area contributed by atoms with Crippen LogP contribution < -0.4 is 10.1 Å². The second-order valence-electron chi connectivity index (χ2n) is 7.01. The molecule has 3 aromatic heterocycles. The Labute approximate surface area is 186 Å². The van der Waals surface area contributed by atoms with Crippen LogP contribution in [0.25, 0.3) is 27.6 Å². The van der Waals surface area contributed by atoms with Crippen LogP contribution in [0.4, 0.5) is 10.2 Å². The number of furan rings is 1. The Hall–Kier alpha value is -3.98. The molecule has 5 aromatic rings. The fourth-order valence-electron chi connectivity index (χ4n) is 3.20. The van der Waals surface area contributed by atoms with E-state index in [4.69, 9.17) is 9.15 Å². The molecule has 1 amide bonds. The summed E-state index contributed by atoms with van der Waals surface area (Å²) in [5.41, 5.74) is 2.17. The summed E-state index contributed by atoms with van der Waals surface area (Å²) in [5.74, 6) is 0.143. The summed E-state index contributed by atoms with van der Waals surface area (Å²) in [6.45, 7) is 1.48. The summed E-state index contributed by atoms with van der Waals surface area (Å²) in [4.78, 5) is 17.0. The number of benzene rings is 2. The average molecular weight is 448 g/mol. The third kappa shape index (κ3) is 3.97. The molecule has 5 rings (SSSR count). The highest BCUT2D eigenvalue weighted by atomic mass is 32.1. The van der Waals surface area contributed by atoms with Crippen molar-refractivity contribution in [1.82, 2.24) is 14.8 Å². The smallest absolute Gasteiger partial charge is 0.263 e. The van der Waals surface area contributed by atoms with Gasteiger partial charge in [0.2, 0.25) is 5.13 Å². The van der Waals surface area contributed by atoms with E-state index in [1.54, 1.807) is 22.9 Å². The number of para-hydroxylation sites is 2. The van der Waals surface area contributed by atoms with Gasteiger partial charge >= 0.3 is 0 Å². The molecule has 1 N–H and O–H groups in total. The highest BCUT2D eigenvalue weighted by Gasteiger charge is 2.16. The van der Waals surface area contributed by atoms with Crippen molar-refractivity contribution in [3.8, 4) is 22.3 Å². The zero-order chi connectivity index (χ0) is 22.1. The Kier molecular flexibility index (Phi) is 5.16. The van der Waals surface area contributed by atoms with Crippen LogP contribution in [0.2, 0.25) is 0 Å². The number of nitrogens with zero attached hydrogens (tertiary/aromatic N) is 3. The number of carbonyl (C=O) groups is 1. The summed E-state index contributed by atoms with van der Waals surface area (Å²) < 4.78 is 26.4. The normalized spacial score (nSPS) is 11.1. The lowest BCUT2D eigenvalue weighted by atomic mass is 10.2. The van der Waals surface area contributed by atoms with Crippen LogP contribution in [-0.2, 0) is 4.79 Å². The van der Waals surface area contributed by atoms with Crippen molar-refractivity contribution >= 4 is 34.0 Å². The number of rotatable bonds is 6. The number of hydrogen-bond acceptors (Lipinski definition) is 6. The number of aromatic nitrogens is 3. The van der Waals surface area contributed by atoms with E-state index in [0.29, 0.717) is 28.1 Å². The van der Waals surface area contributed by atoms with Gasteiger partial charge in [-0.3, -0.25) is 4.79 Å². The number of hydrogen-bond donors (Lipinski definition) is 1. The number of fused-ring (bicyclic) bond motifs is 1. The van der Waals surface area contributed by atoms with Gasteiger partial charge in [-0.1, -0.05) is 30.3 Å². The third-order valence-corrected chi connectivity index (χ3v) is 5.46. The van der Waals surface area contributed by atoms with Gasteiger partial charge in [-0.25, -0.2) is 9.37 Å². The molecule has 0 aliphatic carbocycles. The van der Waals surface area contributed by atoms with Gasteiger partial charge in [0.15, 0.2) is 23.9 Å². The Morgan fingerprint density at radius 2 is 2.00 bits per heavy atom. The number of anilines is 1. The number of carbonyl (C=O) groups excluding carboxylic acids is 1. The molecule has 32 heavy (non-hydrogen) atoms. The molecule has 0 atom stereocenters. The van der Waals surface area contributed by atoms with E-state index in [9.17, 15) is 9.18 Å². The van der Waals surface area contributed by atoms with E-state index >= 15 is 0 Å². The van der Waals surface area contributed by atoms with Gasteiger partial charge < -0.3 is 14.5 Å². The van der Waals surface area contributed by atoms with Crippen LogP contribution in [-0.4, -0.2) is 27.3 Å². The van der Waals surface area contributed by atoms with Gasteiger partial charge in [-0.2, -0.15) is 9.78 Å². The van der Waals surface area contributed by atoms with Crippen molar-refractivity contribution in [1.29, 1.82) is 0 Å². The predicted molar refractivity (Wildman–Crippen MR) is 120 cm³/mol. The van der Waals surface area contributed by atoms with Crippen molar-refractivity contribution in [3.63, 3.8) is 0 Å². The van der Waals surface area contributed by atoms with E-state index in [1.165, 1.54) is 23.5 Å². The molecule has 0 aliphatic rings. The summed E-state index contributed by atoms with van der Waals surface area (Å²) in [5, 5.41) is 10.6. The first kappa shape index (κ1) is 20.0. The maximum atomic E-state index is 13.7. The first-order valence-corrected chi connectivity index (χ1v) is 10.6. The molecular weight excluding hydrogens is 431 g/mol. The van der Waals surface area contributed by atoms with Gasteiger partial charge in [0.05, 0.1) is 5.69 Å². The monoisotopic (exact) mass is 448 g/mol. The second kappa shape index (κ2) is 8.27. The van der Waals surface area contributed by atoms with E-state index in [2.05, 4.69) is 15.4 Å². The van der Waals surface area contributed by atoms with Crippen LogP contribution >= 0.6 is 11.3 Å². The van der Waals surface area contributed by atoms with Crippen molar-refractivity contribution in [2.45, 2.75) is 6.92 Å². The SMILES string of the molecule is Cc1cc(NC(=O)COc2ccccc2F)n(-c2nc(-c3cc4ccccc4o3)cs2)n1. The Balaban J connectivity index is 1.34. The fourth-order valence-corrected chi connectivity index (χ4v) is 3.98. The molecule has 2 aromatic carbocycles. The van der Waals surface area contributed by atoms with Gasteiger partial charge in [0.1, 0.15) is 17.1 Å². The molecule has 0 bridgehead atoms. The number of aryl methyl sites for hydroxylation is 1. The molecule has 9 heteroatoms. The Morgan fingerprint density at radius 1 is 1.19 bits per heavy atom. The maximum Gasteiger partial charge on any atom is 0.263 e. The predicted octanol–water partition coefficient (Wildman–Crippen LogP) is 5.21. The Bertz CT molecular complexity index is 1390. The van der Waals surface area contributed by atoms with Gasteiger partial charge in [0.25, 0.3) is 5.91 Å². The van der Waals surface area contributed by atoms with Crippen molar-refractivity contribution in [2.75, 3.05) is 11.9 Å². The van der Waals surface area contributed by atoms with E-state index in [-0.39, 0.29) is 12.4 Å². The van der Waals surface area contributed by atoms with Crippen LogP contribution in [0.1, 0.15) is 5.69 Å². The fraction of sp³-hybridized carbons (Fsp3) is 0.0870. The highest BCUT2D eigenvalue weighted by molar-refractivity contribution is 7.12. The minimum Gasteiger partial charge on any atom is -0.481 e. The number of nitrogens with one attached hydrogen (secondary N) is 1. The number of halogens is 1. The molecule has 0 unspecified atom stereocenters. The molecule has 3 heterocycles. The number of ether oxygens (including phenoxy) is 1. The molecule has 0 fully saturated rings. The molecule has 0 radical (unpaired) electrons. The lowest BCUT2D eigenvalue weighted by Gasteiger charge is -2.08. The van der Waals surface area contributed by atoms with E-state index in [0.717, 1.165) is 11.0 Å². The zero-order valence-corrected chi connectivity index (χ0v) is 17.7. The van der Waals surface area contributed by atoms with Crippen LogP contribution in [0.3, 0.4) is 0 Å². The average Bonchev–Trinajstić information content (AvgIpc) is 3.50. The highest BCUT2D eigenvalue weighted by Crippen LogP contribution is 2.30. The summed E-state index contributed by atoms with van der Waals surface area (Å²) >= 11 is 1.37. The molecule has 0 aliphatic heterocycles. The molecule has 160 valence electrons. The van der Waals surface area contributed by atoms with Crippen LogP contribution in [0, 0.1) is 12.7 Å². The first-order chi connectivity index (χ1) is 15.6. The van der Waals surface area contributed by atoms with Crippen molar-refractivity contribution < 1.29 is 18.3 Å². The van der Waals surface area contributed by atoms with Crippen LogP contribution in [0.5, 0.6) is 5.75 Å². The minimum atomic E-state index is -0.526. The minimum absolute atomic E-state index is 0.0164. The molecular formula is C23H17FN4O3S. The molecule has 0 spiro atoms. The topological polar surface area (TPSA) is 82.2 Å². The number of amides is 1. The van der Waals surface area contributed by atoms with Crippen LogP contribution in [0.15, 0.2) is 70.5 Å². The van der Waals surface area contributed by atoms with Gasteiger partial charge in [-0.15, -0.1) is 11.3 Å². The Morgan fingerprint density at radius 3 is 2.84 bits per heavy atom. The zero-order valence-electron chi connectivity index (χ0n) is 16.9. The van der Waals surface area contributed by atoms with Gasteiger partial charge in [0, 0.05) is 16.8 Å². The maximum absolute atomic E-state index is 13.7. The van der Waals surface area contributed by atoms with E-state index < -0.39 is 11.7 Å². The lowest BCUT2D eigenvalue weighted by molar-refractivity contribution is -0.118. The lowest BCUT2D eigenvalue weighted by Crippen LogP contribution is -2.22. The first-order valence-electron chi connectivity index (χ1n) is 9.75. The second-order valence-corrected chi connectivity index (χ2v) is 7.85. The van der Waals surface area contributed by atoms with Crippen molar-refractivity contribution in [3.05, 3.63) is 77.6 Å². The quantitative estimate of drug-likeness (QED) is 0.386. The third-order valence-electron chi connectivity index (χ3n) is 4.65. The molecule has 0 saturated carbocycles. The summed E-state index contributed by atoms with van der Waals surface area (Å²) in [6.07, 6.45) is 0.